The van der Waals surface area contributed by atoms with Crippen molar-refractivity contribution in [3.05, 3.63) is 27.8 Å². The zero-order chi connectivity index (χ0) is 12.6. The molecule has 0 radical (unpaired) electrons. The Balaban J connectivity index is 2.60. The van der Waals surface area contributed by atoms with E-state index >= 15 is 0 Å². The Hall–Kier alpha value is -1.33. The summed E-state index contributed by atoms with van der Waals surface area (Å²) in [6, 6.07) is 2.68. The third-order valence-electron chi connectivity index (χ3n) is 2.23. The van der Waals surface area contributed by atoms with E-state index in [4.69, 9.17) is 22.1 Å². The van der Waals surface area contributed by atoms with Crippen LogP contribution in [0.1, 0.15) is 16.6 Å². The van der Waals surface area contributed by atoms with E-state index in [1.807, 2.05) is 0 Å². The third kappa shape index (κ3) is 2.08. The first-order valence-corrected chi connectivity index (χ1v) is 6.08. The van der Waals surface area contributed by atoms with E-state index in [-0.39, 0.29) is 22.2 Å². The van der Waals surface area contributed by atoms with Crippen LogP contribution in [0.3, 0.4) is 0 Å². The van der Waals surface area contributed by atoms with Gasteiger partial charge in [-0.25, -0.2) is 9.18 Å². The van der Waals surface area contributed by atoms with E-state index in [1.165, 1.54) is 12.1 Å². The van der Waals surface area contributed by atoms with Gasteiger partial charge < -0.3 is 10.5 Å². The van der Waals surface area contributed by atoms with Crippen LogP contribution in [0.15, 0.2) is 12.1 Å². The lowest BCUT2D eigenvalue weighted by molar-refractivity contribution is 0.0533. The number of halogens is 2. The standard InChI is InChI=1S/C11H9ClFNO2S/c1-2-16-11(15)10-9(14)5-3-7(13)6(12)4-8(5)17-10/h3-4H,2,14H2,1H3. The number of rotatable bonds is 2. The SMILES string of the molecule is CCOC(=O)c1sc2cc(Cl)c(F)cc2c1N. The first-order valence-electron chi connectivity index (χ1n) is 4.88. The van der Waals surface area contributed by atoms with E-state index in [2.05, 4.69) is 0 Å². The maximum Gasteiger partial charge on any atom is 0.350 e. The molecule has 0 atom stereocenters. The first kappa shape index (κ1) is 12.1. The van der Waals surface area contributed by atoms with Gasteiger partial charge in [-0.2, -0.15) is 0 Å². The van der Waals surface area contributed by atoms with Gasteiger partial charge in [-0.15, -0.1) is 11.3 Å². The predicted octanol–water partition coefficient (Wildman–Crippen LogP) is 3.45. The molecule has 6 heteroatoms. The van der Waals surface area contributed by atoms with Crippen molar-refractivity contribution in [2.75, 3.05) is 12.3 Å². The van der Waals surface area contributed by atoms with Crippen LogP contribution in [0.4, 0.5) is 10.1 Å². The van der Waals surface area contributed by atoms with Crippen LogP contribution >= 0.6 is 22.9 Å². The lowest BCUT2D eigenvalue weighted by atomic mass is 10.2. The molecule has 0 fully saturated rings. The summed E-state index contributed by atoms with van der Waals surface area (Å²) in [5, 5.41) is 0.495. The van der Waals surface area contributed by atoms with E-state index in [0.717, 1.165) is 11.3 Å². The second kappa shape index (κ2) is 4.50. The molecule has 1 heterocycles. The molecule has 1 aromatic carbocycles. The van der Waals surface area contributed by atoms with Gasteiger partial charge in [0.1, 0.15) is 10.7 Å². The summed E-state index contributed by atoms with van der Waals surface area (Å²) in [5.74, 6) is -1.05. The van der Waals surface area contributed by atoms with E-state index in [0.29, 0.717) is 10.1 Å². The molecule has 0 spiro atoms. The molecule has 17 heavy (non-hydrogen) atoms. The Morgan fingerprint density at radius 1 is 1.59 bits per heavy atom. The van der Waals surface area contributed by atoms with Gasteiger partial charge in [0.15, 0.2) is 0 Å². The number of hydrogen-bond acceptors (Lipinski definition) is 4. The fourth-order valence-electron chi connectivity index (χ4n) is 1.46. The maximum absolute atomic E-state index is 13.3. The molecule has 2 rings (SSSR count). The molecule has 0 aliphatic carbocycles. The molecule has 0 saturated carbocycles. The van der Waals surface area contributed by atoms with Crippen molar-refractivity contribution < 1.29 is 13.9 Å². The second-order valence-electron chi connectivity index (χ2n) is 3.33. The van der Waals surface area contributed by atoms with Crippen LogP contribution in [0, 0.1) is 5.82 Å². The van der Waals surface area contributed by atoms with Crippen molar-refractivity contribution in [2.24, 2.45) is 0 Å². The van der Waals surface area contributed by atoms with Crippen molar-refractivity contribution in [3.8, 4) is 0 Å². The molecule has 0 bridgehead atoms. The minimum Gasteiger partial charge on any atom is -0.462 e. The van der Waals surface area contributed by atoms with Crippen LogP contribution in [0.25, 0.3) is 10.1 Å². The highest BCUT2D eigenvalue weighted by molar-refractivity contribution is 7.21. The zero-order valence-corrected chi connectivity index (χ0v) is 10.5. The van der Waals surface area contributed by atoms with Gasteiger partial charge in [0.2, 0.25) is 0 Å². The molecule has 0 aliphatic heterocycles. The highest BCUT2D eigenvalue weighted by Gasteiger charge is 2.18. The molecule has 3 nitrogen and oxygen atoms in total. The third-order valence-corrected chi connectivity index (χ3v) is 3.67. The quantitative estimate of drug-likeness (QED) is 0.853. The number of carbonyl (C=O) groups excluding carboxylic acids is 1. The number of hydrogen-bond donors (Lipinski definition) is 1. The summed E-state index contributed by atoms with van der Waals surface area (Å²) >= 11 is 6.81. The second-order valence-corrected chi connectivity index (χ2v) is 4.79. The smallest absolute Gasteiger partial charge is 0.350 e. The summed E-state index contributed by atoms with van der Waals surface area (Å²) < 4.78 is 18.8. The number of anilines is 1. The lowest BCUT2D eigenvalue weighted by Gasteiger charge is -1.99. The average Bonchev–Trinajstić information content (AvgIpc) is 2.58. The van der Waals surface area contributed by atoms with Gasteiger partial charge >= 0.3 is 5.97 Å². The fraction of sp³-hybridized carbons (Fsp3) is 0.182. The van der Waals surface area contributed by atoms with E-state index in [1.54, 1.807) is 6.92 Å². The number of thiophene rings is 1. The van der Waals surface area contributed by atoms with Crippen LogP contribution in [0.5, 0.6) is 0 Å². The number of carbonyl (C=O) groups is 1. The number of fused-ring (bicyclic) bond motifs is 1. The Morgan fingerprint density at radius 3 is 2.94 bits per heavy atom. The molecule has 1 aromatic heterocycles. The Kier molecular flexibility index (Phi) is 3.22. The highest BCUT2D eigenvalue weighted by atomic mass is 35.5. The Labute approximate surface area is 106 Å². The van der Waals surface area contributed by atoms with Gasteiger partial charge in [-0.05, 0) is 19.1 Å². The minimum absolute atomic E-state index is 0.00848. The Bertz CT molecular complexity index is 597. The summed E-state index contributed by atoms with van der Waals surface area (Å²) in [5.41, 5.74) is 6.02. The molecular weight excluding hydrogens is 265 g/mol. The summed E-state index contributed by atoms with van der Waals surface area (Å²) in [6.07, 6.45) is 0. The van der Waals surface area contributed by atoms with Gasteiger partial charge in [-0.3, -0.25) is 0 Å². The van der Waals surface area contributed by atoms with Crippen molar-refractivity contribution in [1.29, 1.82) is 0 Å². The molecular formula is C11H9ClFNO2S. The monoisotopic (exact) mass is 273 g/mol. The van der Waals surface area contributed by atoms with Crippen molar-refractivity contribution in [2.45, 2.75) is 6.92 Å². The maximum atomic E-state index is 13.3. The highest BCUT2D eigenvalue weighted by Crippen LogP contribution is 2.36. The molecule has 2 aromatic rings. The topological polar surface area (TPSA) is 52.3 Å². The summed E-state index contributed by atoms with van der Waals surface area (Å²) in [4.78, 5) is 11.9. The van der Waals surface area contributed by atoms with Gasteiger partial charge in [0.25, 0.3) is 0 Å². The number of esters is 1. The van der Waals surface area contributed by atoms with Gasteiger partial charge in [-0.1, -0.05) is 11.6 Å². The molecule has 0 saturated heterocycles. The van der Waals surface area contributed by atoms with Crippen LogP contribution in [-0.4, -0.2) is 12.6 Å². The summed E-state index contributed by atoms with van der Waals surface area (Å²) in [6.45, 7) is 1.97. The normalized spacial score (nSPS) is 10.8. The van der Waals surface area contributed by atoms with Gasteiger partial charge in [0, 0.05) is 10.1 Å². The van der Waals surface area contributed by atoms with Crippen molar-refractivity contribution >= 4 is 44.7 Å². The molecule has 2 N–H and O–H groups in total. The number of nitrogen functional groups attached to an aromatic ring is 1. The molecule has 90 valence electrons. The van der Waals surface area contributed by atoms with Crippen LogP contribution < -0.4 is 5.73 Å². The lowest BCUT2D eigenvalue weighted by Crippen LogP contribution is -2.04. The number of nitrogens with two attached hydrogens (primary N) is 1. The summed E-state index contributed by atoms with van der Waals surface area (Å²) in [7, 11) is 0. The van der Waals surface area contributed by atoms with E-state index < -0.39 is 11.8 Å². The average molecular weight is 274 g/mol. The van der Waals surface area contributed by atoms with Crippen LogP contribution in [-0.2, 0) is 4.74 Å². The molecule has 0 unspecified atom stereocenters. The van der Waals surface area contributed by atoms with E-state index in [9.17, 15) is 9.18 Å². The number of ether oxygens (including phenoxy) is 1. The first-order chi connectivity index (χ1) is 8.04. The van der Waals surface area contributed by atoms with Gasteiger partial charge in [0.05, 0.1) is 17.3 Å². The number of benzene rings is 1. The van der Waals surface area contributed by atoms with Crippen molar-refractivity contribution in [1.82, 2.24) is 0 Å². The fourth-order valence-corrected chi connectivity index (χ4v) is 2.73. The molecule has 0 aliphatic rings. The predicted molar refractivity (Wildman–Crippen MR) is 67.2 cm³/mol. The molecule has 0 amide bonds. The Morgan fingerprint density at radius 2 is 2.29 bits per heavy atom. The van der Waals surface area contributed by atoms with Crippen molar-refractivity contribution in [3.63, 3.8) is 0 Å². The largest absolute Gasteiger partial charge is 0.462 e. The zero-order valence-electron chi connectivity index (χ0n) is 8.92. The minimum atomic E-state index is -0.556. The van der Waals surface area contributed by atoms with Crippen LogP contribution in [0.2, 0.25) is 5.02 Å².